The van der Waals surface area contributed by atoms with E-state index < -0.39 is 0 Å². The number of hydrogen-bond donors (Lipinski definition) is 1. The van der Waals surface area contributed by atoms with Gasteiger partial charge in [-0.05, 0) is 37.0 Å². The van der Waals surface area contributed by atoms with Crippen molar-refractivity contribution in [2.45, 2.75) is 19.3 Å². The van der Waals surface area contributed by atoms with Crippen LogP contribution in [0.25, 0.3) is 0 Å². The van der Waals surface area contributed by atoms with Gasteiger partial charge < -0.3 is 10.1 Å². The lowest BCUT2D eigenvalue weighted by Crippen LogP contribution is -2.06. The lowest BCUT2D eigenvalue weighted by atomic mass is 10.1. The van der Waals surface area contributed by atoms with Gasteiger partial charge in [-0.3, -0.25) is 0 Å². The average Bonchev–Trinajstić information content (AvgIpc) is 2.52. The van der Waals surface area contributed by atoms with Crippen molar-refractivity contribution in [3.8, 4) is 0 Å². The van der Waals surface area contributed by atoms with Crippen LogP contribution in [0.1, 0.15) is 18.4 Å². The lowest BCUT2D eigenvalue weighted by Gasteiger charge is -2.07. The molecule has 2 aromatic rings. The van der Waals surface area contributed by atoms with E-state index in [9.17, 15) is 0 Å². The van der Waals surface area contributed by atoms with Crippen molar-refractivity contribution in [1.82, 2.24) is 0 Å². The summed E-state index contributed by atoms with van der Waals surface area (Å²) in [5.74, 6) is 0. The lowest BCUT2D eigenvalue weighted by molar-refractivity contribution is 0.131. The summed E-state index contributed by atoms with van der Waals surface area (Å²) in [5.41, 5.74) is 2.57. The third-order valence-corrected chi connectivity index (χ3v) is 3.17. The molecule has 2 aromatic carbocycles. The Morgan fingerprint density at radius 1 is 0.750 bits per heavy atom. The average molecular weight is 269 g/mol. The van der Waals surface area contributed by atoms with Crippen molar-refractivity contribution in [3.05, 3.63) is 66.2 Å². The minimum atomic E-state index is 0.828. The van der Waals surface area contributed by atoms with Crippen molar-refractivity contribution in [3.63, 3.8) is 0 Å². The van der Waals surface area contributed by atoms with Gasteiger partial charge in [0.05, 0.1) is 0 Å². The highest BCUT2D eigenvalue weighted by Gasteiger charge is 1.93. The van der Waals surface area contributed by atoms with Gasteiger partial charge in [-0.2, -0.15) is 0 Å². The summed E-state index contributed by atoms with van der Waals surface area (Å²) >= 11 is 0. The fraction of sp³-hybridized carbons (Fsp3) is 0.333. The highest BCUT2D eigenvalue weighted by Crippen LogP contribution is 2.05. The molecule has 0 saturated carbocycles. The highest BCUT2D eigenvalue weighted by molar-refractivity contribution is 5.42. The van der Waals surface area contributed by atoms with Crippen molar-refractivity contribution in [2.24, 2.45) is 0 Å². The predicted octanol–water partition coefficient (Wildman–Crippen LogP) is 4.14. The number of hydrogen-bond acceptors (Lipinski definition) is 2. The second kappa shape index (κ2) is 9.16. The highest BCUT2D eigenvalue weighted by atomic mass is 16.5. The first kappa shape index (κ1) is 14.6. The summed E-state index contributed by atoms with van der Waals surface area (Å²) in [6.45, 7) is 2.64. The third kappa shape index (κ3) is 5.89. The Hall–Kier alpha value is -1.80. The maximum Gasteiger partial charge on any atom is 0.0482 e. The molecule has 0 atom stereocenters. The molecular formula is C18H23NO. The smallest absolute Gasteiger partial charge is 0.0482 e. The number of anilines is 1. The summed E-state index contributed by atoms with van der Waals surface area (Å²) in [6, 6.07) is 20.9. The fourth-order valence-electron chi connectivity index (χ4n) is 2.09. The molecule has 0 aliphatic carbocycles. The number of para-hydroxylation sites is 1. The molecule has 106 valence electrons. The number of benzene rings is 2. The molecular weight excluding hydrogens is 246 g/mol. The molecule has 0 unspecified atom stereocenters. The molecule has 0 amide bonds. The molecule has 2 heteroatoms. The Morgan fingerprint density at radius 3 is 2.15 bits per heavy atom. The van der Waals surface area contributed by atoms with Crippen LogP contribution < -0.4 is 5.32 Å². The van der Waals surface area contributed by atoms with Crippen LogP contribution in [0.2, 0.25) is 0 Å². The quantitative estimate of drug-likeness (QED) is 0.691. The van der Waals surface area contributed by atoms with Crippen molar-refractivity contribution >= 4 is 5.69 Å². The standard InChI is InChI=1S/C18H23NO/c1-3-9-17(10-4-1)11-7-15-20-16-8-14-19-18-12-5-2-6-13-18/h1-6,9-10,12-13,19H,7-8,11,14-16H2. The van der Waals surface area contributed by atoms with E-state index in [1.54, 1.807) is 0 Å². The maximum atomic E-state index is 5.65. The molecule has 0 aliphatic heterocycles. The second-order valence-corrected chi connectivity index (χ2v) is 4.85. The molecule has 20 heavy (non-hydrogen) atoms. The largest absolute Gasteiger partial charge is 0.385 e. The number of aryl methyl sites for hydroxylation is 1. The van der Waals surface area contributed by atoms with Gasteiger partial charge in [0.1, 0.15) is 0 Å². The summed E-state index contributed by atoms with van der Waals surface area (Å²) in [6.07, 6.45) is 3.24. The van der Waals surface area contributed by atoms with E-state index >= 15 is 0 Å². The first-order valence-electron chi connectivity index (χ1n) is 7.36. The van der Waals surface area contributed by atoms with Gasteiger partial charge in [0.25, 0.3) is 0 Å². The fourth-order valence-corrected chi connectivity index (χ4v) is 2.09. The Labute approximate surface area is 121 Å². The number of rotatable bonds is 9. The van der Waals surface area contributed by atoms with Crippen LogP contribution in [0.15, 0.2) is 60.7 Å². The molecule has 0 bridgehead atoms. The van der Waals surface area contributed by atoms with Crippen molar-refractivity contribution in [2.75, 3.05) is 25.1 Å². The van der Waals surface area contributed by atoms with Gasteiger partial charge in [0, 0.05) is 25.4 Å². The summed E-state index contributed by atoms with van der Waals surface area (Å²) < 4.78 is 5.65. The summed E-state index contributed by atoms with van der Waals surface area (Å²) in [4.78, 5) is 0. The summed E-state index contributed by atoms with van der Waals surface area (Å²) in [5, 5.41) is 3.38. The molecule has 0 radical (unpaired) electrons. The van der Waals surface area contributed by atoms with Gasteiger partial charge in [0.15, 0.2) is 0 Å². The van der Waals surface area contributed by atoms with E-state index in [0.29, 0.717) is 0 Å². The molecule has 0 aromatic heterocycles. The molecule has 0 heterocycles. The SMILES string of the molecule is c1ccc(CCCOCCCNc2ccccc2)cc1. The van der Waals surface area contributed by atoms with Crippen LogP contribution in [-0.2, 0) is 11.2 Å². The Balaban J connectivity index is 1.44. The van der Waals surface area contributed by atoms with Crippen LogP contribution in [0.5, 0.6) is 0 Å². The van der Waals surface area contributed by atoms with E-state index in [2.05, 4.69) is 47.8 Å². The normalized spacial score (nSPS) is 10.4. The third-order valence-electron chi connectivity index (χ3n) is 3.17. The van der Waals surface area contributed by atoms with Gasteiger partial charge in [0.2, 0.25) is 0 Å². The first-order valence-corrected chi connectivity index (χ1v) is 7.36. The molecule has 0 spiro atoms. The maximum absolute atomic E-state index is 5.65. The Morgan fingerprint density at radius 2 is 1.40 bits per heavy atom. The zero-order chi connectivity index (χ0) is 13.9. The van der Waals surface area contributed by atoms with Crippen LogP contribution in [-0.4, -0.2) is 19.8 Å². The molecule has 2 nitrogen and oxygen atoms in total. The van der Waals surface area contributed by atoms with E-state index in [1.807, 2.05) is 18.2 Å². The first-order chi connectivity index (χ1) is 9.95. The van der Waals surface area contributed by atoms with Crippen LogP contribution >= 0.6 is 0 Å². The van der Waals surface area contributed by atoms with E-state index in [1.165, 1.54) is 11.3 Å². The Kier molecular flexibility index (Phi) is 6.69. The van der Waals surface area contributed by atoms with E-state index in [4.69, 9.17) is 4.74 Å². The van der Waals surface area contributed by atoms with Gasteiger partial charge >= 0.3 is 0 Å². The van der Waals surface area contributed by atoms with Crippen LogP contribution in [0.3, 0.4) is 0 Å². The van der Waals surface area contributed by atoms with E-state index in [-0.39, 0.29) is 0 Å². The second-order valence-electron chi connectivity index (χ2n) is 4.85. The number of ether oxygens (including phenoxy) is 1. The van der Waals surface area contributed by atoms with Gasteiger partial charge in [-0.15, -0.1) is 0 Å². The predicted molar refractivity (Wildman–Crippen MR) is 85.1 cm³/mol. The van der Waals surface area contributed by atoms with Gasteiger partial charge in [-0.1, -0.05) is 48.5 Å². The monoisotopic (exact) mass is 269 g/mol. The minimum absolute atomic E-state index is 0.828. The van der Waals surface area contributed by atoms with Crippen molar-refractivity contribution in [1.29, 1.82) is 0 Å². The van der Waals surface area contributed by atoms with Gasteiger partial charge in [-0.25, -0.2) is 0 Å². The molecule has 2 rings (SSSR count). The van der Waals surface area contributed by atoms with Crippen molar-refractivity contribution < 1.29 is 4.74 Å². The topological polar surface area (TPSA) is 21.3 Å². The zero-order valence-electron chi connectivity index (χ0n) is 11.9. The van der Waals surface area contributed by atoms with Crippen LogP contribution in [0, 0.1) is 0 Å². The minimum Gasteiger partial charge on any atom is -0.385 e. The molecule has 0 fully saturated rings. The summed E-state index contributed by atoms with van der Waals surface area (Å²) in [7, 11) is 0. The molecule has 0 aliphatic rings. The number of nitrogens with one attached hydrogen (secondary N) is 1. The zero-order valence-corrected chi connectivity index (χ0v) is 11.9. The molecule has 0 saturated heterocycles. The molecule has 1 N–H and O–H groups in total. The van der Waals surface area contributed by atoms with E-state index in [0.717, 1.165) is 39.0 Å². The van der Waals surface area contributed by atoms with Crippen LogP contribution in [0.4, 0.5) is 5.69 Å². The Bertz CT molecular complexity index is 410.